The second kappa shape index (κ2) is 9.71. The number of carbonyl (C=O) groups is 1. The van der Waals surface area contributed by atoms with Crippen molar-refractivity contribution in [3.05, 3.63) is 72.3 Å². The van der Waals surface area contributed by atoms with Crippen LogP contribution in [0.2, 0.25) is 0 Å². The van der Waals surface area contributed by atoms with Crippen molar-refractivity contribution in [3.8, 4) is 11.4 Å². The van der Waals surface area contributed by atoms with Gasteiger partial charge < -0.3 is 15.0 Å². The molecule has 0 spiro atoms. The highest BCUT2D eigenvalue weighted by atomic mass is 19.4. The van der Waals surface area contributed by atoms with E-state index in [-0.39, 0.29) is 23.9 Å². The fourth-order valence-electron chi connectivity index (χ4n) is 3.03. The Balaban J connectivity index is 1.57. The molecule has 0 aliphatic heterocycles. The van der Waals surface area contributed by atoms with Gasteiger partial charge in [0.15, 0.2) is 6.61 Å². The maximum absolute atomic E-state index is 12.7. The van der Waals surface area contributed by atoms with E-state index in [0.717, 1.165) is 16.8 Å². The number of rotatable bonds is 7. The number of nitrogens with one attached hydrogen (secondary N) is 1. The standard InChI is InChI=1S/C22H24F3N5O2/c1-15(17-6-10-20(11-7-17)32-12-22(23,24)25)28-21(31)29(3)16(2)18-4-8-19(9-5-18)30-14-26-13-27-30/h4-11,13-16H,12H2,1-3H3,(H,28,31). The van der Waals surface area contributed by atoms with Gasteiger partial charge in [0.05, 0.1) is 17.8 Å². The van der Waals surface area contributed by atoms with E-state index in [1.807, 2.05) is 31.2 Å². The molecule has 0 aliphatic carbocycles. The summed E-state index contributed by atoms with van der Waals surface area (Å²) in [6.07, 6.45) is -1.33. The topological polar surface area (TPSA) is 72.3 Å². The van der Waals surface area contributed by atoms with Crippen molar-refractivity contribution in [1.82, 2.24) is 25.0 Å². The van der Waals surface area contributed by atoms with Crippen LogP contribution in [0.3, 0.4) is 0 Å². The van der Waals surface area contributed by atoms with E-state index in [1.165, 1.54) is 18.5 Å². The molecule has 170 valence electrons. The van der Waals surface area contributed by atoms with Crippen molar-refractivity contribution in [3.63, 3.8) is 0 Å². The van der Waals surface area contributed by atoms with Crippen LogP contribution in [-0.4, -0.2) is 45.5 Å². The zero-order valence-electron chi connectivity index (χ0n) is 17.9. The predicted molar refractivity (Wildman–Crippen MR) is 112 cm³/mol. The van der Waals surface area contributed by atoms with Gasteiger partial charge in [0, 0.05) is 7.05 Å². The minimum atomic E-state index is -4.39. The van der Waals surface area contributed by atoms with Crippen LogP contribution in [0.25, 0.3) is 5.69 Å². The van der Waals surface area contributed by atoms with Crippen LogP contribution >= 0.6 is 0 Å². The molecule has 0 bridgehead atoms. The highest BCUT2D eigenvalue weighted by Crippen LogP contribution is 2.23. The molecular weight excluding hydrogens is 423 g/mol. The zero-order chi connectivity index (χ0) is 23.3. The molecule has 1 N–H and O–H groups in total. The number of aromatic nitrogens is 3. The van der Waals surface area contributed by atoms with Gasteiger partial charge in [-0.15, -0.1) is 0 Å². The van der Waals surface area contributed by atoms with E-state index in [0.29, 0.717) is 0 Å². The average molecular weight is 447 g/mol. The first-order chi connectivity index (χ1) is 15.1. The maximum Gasteiger partial charge on any atom is 0.422 e. The number of hydrogen-bond acceptors (Lipinski definition) is 4. The summed E-state index contributed by atoms with van der Waals surface area (Å²) >= 11 is 0. The normalized spacial score (nSPS) is 13.3. The first-order valence-electron chi connectivity index (χ1n) is 9.92. The van der Waals surface area contributed by atoms with E-state index >= 15 is 0 Å². The Morgan fingerprint density at radius 3 is 2.28 bits per heavy atom. The number of ether oxygens (including phenoxy) is 1. The molecule has 0 aliphatic rings. The highest BCUT2D eigenvalue weighted by Gasteiger charge is 2.28. The molecule has 0 saturated heterocycles. The number of nitrogens with zero attached hydrogens (tertiary/aromatic N) is 4. The van der Waals surface area contributed by atoms with Crippen molar-refractivity contribution in [2.75, 3.05) is 13.7 Å². The van der Waals surface area contributed by atoms with Crippen LogP contribution in [-0.2, 0) is 0 Å². The zero-order valence-corrected chi connectivity index (χ0v) is 17.9. The Bertz CT molecular complexity index is 1010. The summed E-state index contributed by atoms with van der Waals surface area (Å²) < 4.78 is 43.1. The quantitative estimate of drug-likeness (QED) is 0.571. The first-order valence-corrected chi connectivity index (χ1v) is 9.92. The lowest BCUT2D eigenvalue weighted by atomic mass is 10.1. The Kier molecular flexibility index (Phi) is 7.01. The Morgan fingerprint density at radius 1 is 1.09 bits per heavy atom. The minimum absolute atomic E-state index is 0.115. The van der Waals surface area contributed by atoms with E-state index in [4.69, 9.17) is 4.74 Å². The monoisotopic (exact) mass is 447 g/mol. The third kappa shape index (κ3) is 5.99. The van der Waals surface area contributed by atoms with Crippen LogP contribution in [0.15, 0.2) is 61.2 Å². The first kappa shape index (κ1) is 23.1. The average Bonchev–Trinajstić information content (AvgIpc) is 3.31. The molecule has 0 radical (unpaired) electrons. The fraction of sp³-hybridized carbons (Fsp3) is 0.318. The van der Waals surface area contributed by atoms with Crippen LogP contribution in [0.1, 0.15) is 37.1 Å². The number of hydrogen-bond donors (Lipinski definition) is 1. The predicted octanol–water partition coefficient (Wildman–Crippen LogP) is 4.67. The Hall–Kier alpha value is -3.56. The SMILES string of the molecule is CC(NC(=O)N(C)C(C)c1ccc(-n2cncn2)cc1)c1ccc(OCC(F)(F)F)cc1. The van der Waals surface area contributed by atoms with E-state index < -0.39 is 12.8 Å². The summed E-state index contributed by atoms with van der Waals surface area (Å²) in [5, 5.41) is 6.99. The molecule has 2 unspecified atom stereocenters. The van der Waals surface area contributed by atoms with E-state index in [1.54, 1.807) is 42.0 Å². The van der Waals surface area contributed by atoms with E-state index in [2.05, 4.69) is 15.4 Å². The molecule has 32 heavy (non-hydrogen) atoms. The van der Waals surface area contributed by atoms with Gasteiger partial charge >= 0.3 is 12.2 Å². The molecule has 2 atom stereocenters. The van der Waals surface area contributed by atoms with Gasteiger partial charge in [-0.05, 0) is 49.2 Å². The number of halogens is 3. The molecule has 3 rings (SSSR count). The molecule has 1 heterocycles. The Labute approximate surface area is 183 Å². The Morgan fingerprint density at radius 2 is 1.72 bits per heavy atom. The maximum atomic E-state index is 12.7. The fourth-order valence-corrected chi connectivity index (χ4v) is 3.03. The van der Waals surface area contributed by atoms with Gasteiger partial charge in [-0.2, -0.15) is 18.3 Å². The van der Waals surface area contributed by atoms with Gasteiger partial charge in [0.25, 0.3) is 0 Å². The number of alkyl halides is 3. The van der Waals surface area contributed by atoms with Crippen molar-refractivity contribution in [2.45, 2.75) is 32.1 Å². The lowest BCUT2D eigenvalue weighted by Crippen LogP contribution is -2.39. The summed E-state index contributed by atoms with van der Waals surface area (Å²) in [5.74, 6) is 0.115. The summed E-state index contributed by atoms with van der Waals surface area (Å²) in [6, 6.07) is 13.0. The molecule has 7 nitrogen and oxygen atoms in total. The minimum Gasteiger partial charge on any atom is -0.484 e. The summed E-state index contributed by atoms with van der Waals surface area (Å²) in [6.45, 7) is 2.37. The van der Waals surface area contributed by atoms with Gasteiger partial charge in [0.1, 0.15) is 18.4 Å². The molecule has 2 amide bonds. The lowest BCUT2D eigenvalue weighted by molar-refractivity contribution is -0.153. The van der Waals surface area contributed by atoms with Crippen molar-refractivity contribution in [1.29, 1.82) is 0 Å². The third-order valence-electron chi connectivity index (χ3n) is 5.08. The second-order valence-corrected chi connectivity index (χ2v) is 7.36. The van der Waals surface area contributed by atoms with Crippen LogP contribution in [0.5, 0.6) is 5.75 Å². The summed E-state index contributed by atoms with van der Waals surface area (Å²) in [5.41, 5.74) is 2.56. The molecular formula is C22H24F3N5O2. The lowest BCUT2D eigenvalue weighted by Gasteiger charge is -2.27. The highest BCUT2D eigenvalue weighted by molar-refractivity contribution is 5.75. The summed E-state index contributed by atoms with van der Waals surface area (Å²) in [7, 11) is 1.70. The third-order valence-corrected chi connectivity index (χ3v) is 5.08. The largest absolute Gasteiger partial charge is 0.484 e. The smallest absolute Gasteiger partial charge is 0.422 e. The molecule has 10 heteroatoms. The molecule has 1 aromatic heterocycles. The van der Waals surface area contributed by atoms with E-state index in [9.17, 15) is 18.0 Å². The van der Waals surface area contributed by atoms with Crippen molar-refractivity contribution in [2.24, 2.45) is 0 Å². The van der Waals surface area contributed by atoms with Crippen LogP contribution < -0.4 is 10.1 Å². The second-order valence-electron chi connectivity index (χ2n) is 7.36. The van der Waals surface area contributed by atoms with Gasteiger partial charge in [-0.1, -0.05) is 24.3 Å². The molecule has 0 fully saturated rings. The summed E-state index contributed by atoms with van der Waals surface area (Å²) in [4.78, 5) is 18.2. The molecule has 3 aromatic rings. The molecule has 2 aromatic carbocycles. The van der Waals surface area contributed by atoms with Crippen molar-refractivity contribution < 1.29 is 22.7 Å². The number of benzene rings is 2. The van der Waals surface area contributed by atoms with Crippen LogP contribution in [0.4, 0.5) is 18.0 Å². The number of amides is 2. The van der Waals surface area contributed by atoms with Gasteiger partial charge in [-0.3, -0.25) is 0 Å². The molecule has 0 saturated carbocycles. The van der Waals surface area contributed by atoms with Crippen molar-refractivity contribution >= 4 is 6.03 Å². The van der Waals surface area contributed by atoms with Gasteiger partial charge in [-0.25, -0.2) is 14.5 Å². The number of urea groups is 1. The number of carbonyl (C=O) groups excluding carboxylic acids is 1. The van der Waals surface area contributed by atoms with Gasteiger partial charge in [0.2, 0.25) is 0 Å². The van der Waals surface area contributed by atoms with Crippen LogP contribution in [0, 0.1) is 0 Å².